The molecule has 1 aromatic rings. The van der Waals surface area contributed by atoms with E-state index in [0.717, 1.165) is 5.69 Å². The van der Waals surface area contributed by atoms with Crippen LogP contribution in [0.25, 0.3) is 0 Å². The molecule has 1 N–H and O–H groups in total. The minimum absolute atomic E-state index is 0.195. The molecule has 0 aromatic carbocycles. The molecule has 1 aromatic heterocycles. The summed E-state index contributed by atoms with van der Waals surface area (Å²) in [5.41, 5.74) is 0.980. The Bertz CT molecular complexity index is 514. The van der Waals surface area contributed by atoms with Crippen LogP contribution in [-0.4, -0.2) is 16.9 Å². The predicted molar refractivity (Wildman–Crippen MR) is 75.1 cm³/mol. The molecule has 1 rings (SSSR count). The van der Waals surface area contributed by atoms with Gasteiger partial charge in [-0.2, -0.15) is 5.26 Å². The van der Waals surface area contributed by atoms with Gasteiger partial charge in [-0.05, 0) is 18.6 Å². The van der Waals surface area contributed by atoms with Crippen LogP contribution in [-0.2, 0) is 5.41 Å². The summed E-state index contributed by atoms with van der Waals surface area (Å²) in [5.74, 6) is -0.303. The van der Waals surface area contributed by atoms with Gasteiger partial charge in [0, 0.05) is 16.7 Å². The van der Waals surface area contributed by atoms with Gasteiger partial charge in [-0.15, -0.1) is 0 Å². The van der Waals surface area contributed by atoms with Crippen LogP contribution in [0.2, 0.25) is 5.15 Å². The van der Waals surface area contributed by atoms with Gasteiger partial charge >= 0.3 is 0 Å². The molecule has 0 saturated carbocycles. The van der Waals surface area contributed by atoms with Gasteiger partial charge in [-0.1, -0.05) is 39.3 Å². The molecule has 0 fully saturated rings. The monoisotopic (exact) mass is 279 g/mol. The number of halogens is 1. The van der Waals surface area contributed by atoms with Crippen molar-refractivity contribution in [2.75, 3.05) is 0 Å². The Labute approximate surface area is 118 Å². The highest BCUT2D eigenvalue weighted by molar-refractivity contribution is 6.29. The molecule has 0 saturated heterocycles. The van der Waals surface area contributed by atoms with Crippen LogP contribution in [0.5, 0.6) is 0 Å². The third kappa shape index (κ3) is 4.22. The van der Waals surface area contributed by atoms with Gasteiger partial charge in [0.05, 0.1) is 6.07 Å². The molecular weight excluding hydrogens is 262 g/mol. The summed E-state index contributed by atoms with van der Waals surface area (Å²) >= 11 is 5.95. The molecule has 0 aliphatic heterocycles. The Hall–Kier alpha value is -1.60. The number of hydrogen-bond donors (Lipinski definition) is 1. The van der Waals surface area contributed by atoms with E-state index in [0.29, 0.717) is 12.0 Å². The third-order valence-corrected chi connectivity index (χ3v) is 2.89. The zero-order chi connectivity index (χ0) is 14.6. The number of nitrogens with zero attached hydrogens (tertiary/aromatic N) is 2. The van der Waals surface area contributed by atoms with E-state index in [-0.39, 0.29) is 16.5 Å². The first-order valence-electron chi connectivity index (χ1n) is 6.16. The molecule has 0 spiro atoms. The van der Waals surface area contributed by atoms with E-state index in [4.69, 9.17) is 16.9 Å². The Morgan fingerprint density at radius 1 is 1.53 bits per heavy atom. The molecule has 1 unspecified atom stereocenters. The Morgan fingerprint density at radius 2 is 2.16 bits per heavy atom. The lowest BCUT2D eigenvalue weighted by Gasteiger charge is -2.19. The second-order valence-electron chi connectivity index (χ2n) is 5.38. The average Bonchev–Trinajstić information content (AvgIpc) is 2.33. The van der Waals surface area contributed by atoms with Crippen LogP contribution in [0.4, 0.5) is 0 Å². The Balaban J connectivity index is 3.05. The second kappa shape index (κ2) is 6.03. The van der Waals surface area contributed by atoms with Gasteiger partial charge in [0.2, 0.25) is 0 Å². The molecule has 1 atom stereocenters. The van der Waals surface area contributed by atoms with Crippen molar-refractivity contribution >= 4 is 17.5 Å². The molecule has 0 aliphatic rings. The van der Waals surface area contributed by atoms with Crippen molar-refractivity contribution in [1.29, 1.82) is 5.26 Å². The topological polar surface area (TPSA) is 65.8 Å². The minimum atomic E-state index is -0.488. The van der Waals surface area contributed by atoms with E-state index in [1.54, 1.807) is 6.07 Å². The molecule has 102 valence electrons. The number of hydrogen-bond acceptors (Lipinski definition) is 3. The van der Waals surface area contributed by atoms with Gasteiger partial charge in [0.25, 0.3) is 5.91 Å². The lowest BCUT2D eigenvalue weighted by atomic mass is 9.91. The maximum atomic E-state index is 12.1. The molecule has 4 nitrogen and oxygen atoms in total. The molecule has 0 bridgehead atoms. The van der Waals surface area contributed by atoms with Crippen LogP contribution >= 0.6 is 11.6 Å². The lowest BCUT2D eigenvalue weighted by molar-refractivity contribution is 0.0944. The summed E-state index contributed by atoms with van der Waals surface area (Å²) in [5, 5.41) is 11.8. The third-order valence-electron chi connectivity index (χ3n) is 2.69. The van der Waals surface area contributed by atoms with Gasteiger partial charge in [0.15, 0.2) is 0 Å². The van der Waals surface area contributed by atoms with Crippen LogP contribution in [0, 0.1) is 11.3 Å². The van der Waals surface area contributed by atoms with Crippen molar-refractivity contribution in [3.05, 3.63) is 28.5 Å². The number of aromatic nitrogens is 1. The number of carbonyl (C=O) groups is 1. The first-order chi connectivity index (χ1) is 8.77. The standard InChI is InChI=1S/C14H18ClN3O/c1-5-10(8-16)17-13(19)9-6-11(14(2,3)4)18-12(15)7-9/h6-7,10H,5H2,1-4H3,(H,17,19). The Morgan fingerprint density at radius 3 is 2.63 bits per heavy atom. The lowest BCUT2D eigenvalue weighted by Crippen LogP contribution is -2.33. The summed E-state index contributed by atoms with van der Waals surface area (Å²) < 4.78 is 0. The smallest absolute Gasteiger partial charge is 0.252 e. The fourth-order valence-corrected chi connectivity index (χ4v) is 1.69. The average molecular weight is 280 g/mol. The highest BCUT2D eigenvalue weighted by Gasteiger charge is 2.19. The van der Waals surface area contributed by atoms with Crippen LogP contribution in [0.3, 0.4) is 0 Å². The second-order valence-corrected chi connectivity index (χ2v) is 5.76. The molecule has 1 heterocycles. The molecule has 5 heteroatoms. The van der Waals surface area contributed by atoms with Crippen molar-refractivity contribution in [2.24, 2.45) is 0 Å². The summed E-state index contributed by atoms with van der Waals surface area (Å²) in [6, 6.07) is 4.77. The van der Waals surface area contributed by atoms with E-state index in [1.165, 1.54) is 6.07 Å². The van der Waals surface area contributed by atoms with E-state index >= 15 is 0 Å². The molecule has 0 aliphatic carbocycles. The maximum absolute atomic E-state index is 12.1. The van der Waals surface area contributed by atoms with E-state index < -0.39 is 6.04 Å². The molecule has 1 amide bonds. The highest BCUT2D eigenvalue weighted by atomic mass is 35.5. The minimum Gasteiger partial charge on any atom is -0.336 e. The molecular formula is C14H18ClN3O. The highest BCUT2D eigenvalue weighted by Crippen LogP contribution is 2.23. The van der Waals surface area contributed by atoms with Gasteiger partial charge in [0.1, 0.15) is 11.2 Å². The van der Waals surface area contributed by atoms with Crippen LogP contribution in [0.1, 0.15) is 50.2 Å². The van der Waals surface area contributed by atoms with Gasteiger partial charge in [-0.3, -0.25) is 4.79 Å². The van der Waals surface area contributed by atoms with E-state index in [1.807, 2.05) is 33.8 Å². The summed E-state index contributed by atoms with van der Waals surface area (Å²) in [6.07, 6.45) is 0.563. The largest absolute Gasteiger partial charge is 0.336 e. The number of nitrogens with one attached hydrogen (secondary N) is 1. The normalized spacial score (nSPS) is 12.6. The fourth-order valence-electron chi connectivity index (χ4n) is 1.48. The maximum Gasteiger partial charge on any atom is 0.252 e. The van der Waals surface area contributed by atoms with Crippen molar-refractivity contribution in [3.8, 4) is 6.07 Å². The number of rotatable bonds is 3. The predicted octanol–water partition coefficient (Wildman–Crippen LogP) is 3.06. The number of nitriles is 1. The zero-order valence-electron chi connectivity index (χ0n) is 11.6. The van der Waals surface area contributed by atoms with Crippen LogP contribution in [0.15, 0.2) is 12.1 Å². The number of pyridine rings is 1. The first-order valence-corrected chi connectivity index (χ1v) is 6.54. The molecule has 19 heavy (non-hydrogen) atoms. The SMILES string of the molecule is CCC(C#N)NC(=O)c1cc(Cl)nc(C(C)(C)C)c1. The van der Waals surface area contributed by atoms with Crippen LogP contribution < -0.4 is 5.32 Å². The van der Waals surface area contributed by atoms with Crippen molar-refractivity contribution in [3.63, 3.8) is 0 Å². The van der Waals surface area contributed by atoms with Gasteiger partial charge in [-0.25, -0.2) is 4.98 Å². The van der Waals surface area contributed by atoms with Crippen molar-refractivity contribution in [2.45, 2.75) is 45.6 Å². The van der Waals surface area contributed by atoms with Gasteiger partial charge < -0.3 is 5.32 Å². The summed E-state index contributed by atoms with van der Waals surface area (Å²) in [7, 11) is 0. The first kappa shape index (κ1) is 15.5. The number of carbonyl (C=O) groups excluding carboxylic acids is 1. The fraction of sp³-hybridized carbons (Fsp3) is 0.500. The Kier molecular flexibility index (Phi) is 4.90. The number of amides is 1. The van der Waals surface area contributed by atoms with E-state index in [9.17, 15) is 4.79 Å². The quantitative estimate of drug-likeness (QED) is 0.865. The molecule has 0 radical (unpaired) electrons. The summed E-state index contributed by atoms with van der Waals surface area (Å²) in [4.78, 5) is 16.3. The van der Waals surface area contributed by atoms with Crippen molar-refractivity contribution in [1.82, 2.24) is 10.3 Å². The van der Waals surface area contributed by atoms with E-state index in [2.05, 4.69) is 10.3 Å². The zero-order valence-corrected chi connectivity index (χ0v) is 12.4. The van der Waals surface area contributed by atoms with Crippen molar-refractivity contribution < 1.29 is 4.79 Å². The summed E-state index contributed by atoms with van der Waals surface area (Å²) in [6.45, 7) is 7.83.